The number of rotatable bonds is 4. The molecule has 0 bridgehead atoms. The summed E-state index contributed by atoms with van der Waals surface area (Å²) in [6.45, 7) is 0. The molecule has 4 heteroatoms. The van der Waals surface area contributed by atoms with E-state index in [1.54, 1.807) is 48.8 Å². The SMILES string of the molecule is O=C(/C=C/C=C/c1ccco1)c1ccc(Cl)cc1Cl. The van der Waals surface area contributed by atoms with Gasteiger partial charge in [-0.15, -0.1) is 0 Å². The Kier molecular flexibility index (Phi) is 4.61. The third kappa shape index (κ3) is 3.85. The standard InChI is InChI=1S/C15H10Cl2O2/c16-11-7-8-13(14(17)10-11)15(18)6-2-1-4-12-5-3-9-19-12/h1-10H/b4-1+,6-2+. The molecule has 0 aliphatic carbocycles. The van der Waals surface area contributed by atoms with Gasteiger partial charge in [-0.25, -0.2) is 0 Å². The highest BCUT2D eigenvalue weighted by atomic mass is 35.5. The lowest BCUT2D eigenvalue weighted by Crippen LogP contribution is -1.94. The number of hydrogen-bond donors (Lipinski definition) is 0. The lowest BCUT2D eigenvalue weighted by Gasteiger charge is -1.99. The van der Waals surface area contributed by atoms with Crippen LogP contribution in [0.4, 0.5) is 0 Å². The average Bonchev–Trinajstić information content (AvgIpc) is 2.87. The molecule has 0 atom stereocenters. The fraction of sp³-hybridized carbons (Fsp3) is 0. The average molecular weight is 293 g/mol. The van der Waals surface area contributed by atoms with Gasteiger partial charge in [-0.05, 0) is 42.5 Å². The molecule has 0 spiro atoms. The maximum Gasteiger partial charge on any atom is 0.187 e. The molecule has 0 amide bonds. The van der Waals surface area contributed by atoms with E-state index in [9.17, 15) is 4.79 Å². The molecular formula is C15H10Cl2O2. The summed E-state index contributed by atoms with van der Waals surface area (Å²) in [5.41, 5.74) is 0.425. The zero-order valence-corrected chi connectivity index (χ0v) is 11.4. The Morgan fingerprint density at radius 3 is 2.68 bits per heavy atom. The van der Waals surface area contributed by atoms with E-state index in [-0.39, 0.29) is 5.78 Å². The van der Waals surface area contributed by atoms with Crippen molar-refractivity contribution in [3.8, 4) is 0 Å². The number of carbonyl (C=O) groups is 1. The van der Waals surface area contributed by atoms with Crippen LogP contribution in [0.3, 0.4) is 0 Å². The molecule has 0 aliphatic rings. The molecule has 0 fully saturated rings. The van der Waals surface area contributed by atoms with E-state index >= 15 is 0 Å². The van der Waals surface area contributed by atoms with Crippen molar-refractivity contribution in [3.05, 3.63) is 76.2 Å². The first-order valence-corrected chi connectivity index (χ1v) is 6.30. The number of furan rings is 1. The molecule has 1 heterocycles. The molecule has 19 heavy (non-hydrogen) atoms. The van der Waals surface area contributed by atoms with Crippen LogP contribution in [0.5, 0.6) is 0 Å². The topological polar surface area (TPSA) is 30.2 Å². The van der Waals surface area contributed by atoms with Crippen LogP contribution in [0.25, 0.3) is 6.08 Å². The molecule has 0 radical (unpaired) electrons. The Bertz CT molecular complexity index is 626. The molecule has 1 aromatic heterocycles. The normalized spacial score (nSPS) is 11.5. The van der Waals surface area contributed by atoms with Crippen LogP contribution in [0.15, 0.2) is 59.2 Å². The number of carbonyl (C=O) groups excluding carboxylic acids is 1. The molecular weight excluding hydrogens is 283 g/mol. The van der Waals surface area contributed by atoms with Crippen LogP contribution >= 0.6 is 23.2 Å². The Morgan fingerprint density at radius 1 is 1.16 bits per heavy atom. The van der Waals surface area contributed by atoms with Gasteiger partial charge in [0.2, 0.25) is 0 Å². The summed E-state index contributed by atoms with van der Waals surface area (Å²) in [5.74, 6) is 0.549. The molecule has 2 aromatic rings. The number of hydrogen-bond acceptors (Lipinski definition) is 2. The fourth-order valence-electron chi connectivity index (χ4n) is 1.46. The Balaban J connectivity index is 2.04. The van der Waals surface area contributed by atoms with Crippen molar-refractivity contribution >= 4 is 35.1 Å². The van der Waals surface area contributed by atoms with Gasteiger partial charge in [0.05, 0.1) is 11.3 Å². The van der Waals surface area contributed by atoms with Crippen molar-refractivity contribution in [1.29, 1.82) is 0 Å². The highest BCUT2D eigenvalue weighted by Gasteiger charge is 2.06. The van der Waals surface area contributed by atoms with Crippen LogP contribution in [-0.4, -0.2) is 5.78 Å². The smallest absolute Gasteiger partial charge is 0.187 e. The number of allylic oxidation sites excluding steroid dienone is 3. The first kappa shape index (κ1) is 13.7. The summed E-state index contributed by atoms with van der Waals surface area (Å²) in [5, 5.41) is 0.848. The zero-order chi connectivity index (χ0) is 13.7. The second-order valence-electron chi connectivity index (χ2n) is 3.72. The molecule has 96 valence electrons. The summed E-state index contributed by atoms with van der Waals surface area (Å²) in [6.07, 6.45) is 8.14. The molecule has 0 unspecified atom stereocenters. The molecule has 0 N–H and O–H groups in total. The van der Waals surface area contributed by atoms with Gasteiger partial charge in [-0.3, -0.25) is 4.79 Å². The van der Waals surface area contributed by atoms with Crippen molar-refractivity contribution in [2.75, 3.05) is 0 Å². The first-order chi connectivity index (χ1) is 9.16. The molecule has 2 rings (SSSR count). The van der Waals surface area contributed by atoms with E-state index in [0.717, 1.165) is 5.76 Å². The van der Waals surface area contributed by atoms with E-state index < -0.39 is 0 Å². The lowest BCUT2D eigenvalue weighted by atomic mass is 10.1. The Hall–Kier alpha value is -1.77. The minimum absolute atomic E-state index is 0.175. The summed E-state index contributed by atoms with van der Waals surface area (Å²) >= 11 is 11.7. The first-order valence-electron chi connectivity index (χ1n) is 5.54. The van der Waals surface area contributed by atoms with Gasteiger partial charge >= 0.3 is 0 Å². The van der Waals surface area contributed by atoms with Crippen LogP contribution in [0.1, 0.15) is 16.1 Å². The summed E-state index contributed by atoms with van der Waals surface area (Å²) < 4.78 is 5.12. The fourth-order valence-corrected chi connectivity index (χ4v) is 1.96. The van der Waals surface area contributed by atoms with Crippen molar-refractivity contribution in [2.45, 2.75) is 0 Å². The number of halogens is 2. The molecule has 2 nitrogen and oxygen atoms in total. The van der Waals surface area contributed by atoms with Crippen molar-refractivity contribution in [1.82, 2.24) is 0 Å². The quantitative estimate of drug-likeness (QED) is 0.449. The van der Waals surface area contributed by atoms with Crippen molar-refractivity contribution < 1.29 is 9.21 Å². The Morgan fingerprint density at radius 2 is 2.00 bits per heavy atom. The van der Waals surface area contributed by atoms with E-state index in [0.29, 0.717) is 15.6 Å². The highest BCUT2D eigenvalue weighted by Crippen LogP contribution is 2.21. The monoisotopic (exact) mass is 292 g/mol. The van der Waals surface area contributed by atoms with Gasteiger partial charge in [0.1, 0.15) is 5.76 Å². The van der Waals surface area contributed by atoms with E-state index in [1.165, 1.54) is 6.08 Å². The summed E-state index contributed by atoms with van der Waals surface area (Å²) in [4.78, 5) is 11.9. The van der Waals surface area contributed by atoms with Crippen molar-refractivity contribution in [2.24, 2.45) is 0 Å². The van der Waals surface area contributed by atoms with Gasteiger partial charge in [-0.1, -0.05) is 35.4 Å². The predicted molar refractivity (Wildman–Crippen MR) is 77.7 cm³/mol. The van der Waals surface area contributed by atoms with E-state index in [2.05, 4.69) is 0 Å². The van der Waals surface area contributed by atoms with Crippen LogP contribution < -0.4 is 0 Å². The number of ketones is 1. The zero-order valence-electron chi connectivity index (χ0n) is 9.85. The second kappa shape index (κ2) is 6.41. The van der Waals surface area contributed by atoms with Gasteiger partial charge < -0.3 is 4.42 Å². The van der Waals surface area contributed by atoms with Crippen molar-refractivity contribution in [3.63, 3.8) is 0 Å². The van der Waals surface area contributed by atoms with Gasteiger partial charge in [0.15, 0.2) is 5.78 Å². The minimum atomic E-state index is -0.175. The minimum Gasteiger partial charge on any atom is -0.465 e. The predicted octanol–water partition coefficient (Wildman–Crippen LogP) is 5.04. The van der Waals surface area contributed by atoms with Crippen LogP contribution in [0, 0.1) is 0 Å². The highest BCUT2D eigenvalue weighted by molar-refractivity contribution is 6.37. The maximum atomic E-state index is 11.9. The van der Waals surface area contributed by atoms with E-state index in [4.69, 9.17) is 27.6 Å². The molecule has 0 saturated carbocycles. The summed E-state index contributed by atoms with van der Waals surface area (Å²) in [7, 11) is 0. The van der Waals surface area contributed by atoms with Crippen LogP contribution in [-0.2, 0) is 0 Å². The van der Waals surface area contributed by atoms with Crippen LogP contribution in [0.2, 0.25) is 10.0 Å². The van der Waals surface area contributed by atoms with Gasteiger partial charge in [0, 0.05) is 10.6 Å². The third-order valence-electron chi connectivity index (χ3n) is 2.36. The number of benzene rings is 1. The Labute approximate surface area is 120 Å². The third-order valence-corrected chi connectivity index (χ3v) is 2.91. The molecule has 0 aliphatic heterocycles. The van der Waals surface area contributed by atoms with E-state index in [1.807, 2.05) is 6.07 Å². The second-order valence-corrected chi connectivity index (χ2v) is 4.57. The maximum absolute atomic E-state index is 11.9. The van der Waals surface area contributed by atoms with Gasteiger partial charge in [-0.2, -0.15) is 0 Å². The van der Waals surface area contributed by atoms with Gasteiger partial charge in [0.25, 0.3) is 0 Å². The molecule has 0 saturated heterocycles. The largest absolute Gasteiger partial charge is 0.465 e. The lowest BCUT2D eigenvalue weighted by molar-refractivity contribution is 0.104. The molecule has 1 aromatic carbocycles. The summed E-state index contributed by atoms with van der Waals surface area (Å²) in [6, 6.07) is 8.40.